The van der Waals surface area contributed by atoms with Crippen molar-refractivity contribution >= 4 is 11.8 Å². The summed E-state index contributed by atoms with van der Waals surface area (Å²) in [4.78, 5) is 4.21. The fraction of sp³-hybridized carbons (Fsp3) is 0.818. The van der Waals surface area contributed by atoms with Crippen molar-refractivity contribution in [1.82, 2.24) is 14.8 Å². The van der Waals surface area contributed by atoms with Gasteiger partial charge in [-0.2, -0.15) is 16.9 Å². The Hall–Kier alpha value is -0.590. The molecule has 0 aliphatic carbocycles. The van der Waals surface area contributed by atoms with Crippen LogP contribution in [0.5, 0.6) is 0 Å². The van der Waals surface area contributed by atoms with Crippen molar-refractivity contribution in [3.8, 4) is 0 Å². The van der Waals surface area contributed by atoms with Crippen molar-refractivity contribution in [2.24, 2.45) is 5.73 Å². The number of aromatic nitrogens is 3. The molecule has 0 bridgehead atoms. The Kier molecular flexibility index (Phi) is 3.10. The molecule has 1 aromatic rings. The number of hydrogen-bond acceptors (Lipinski definition) is 5. The van der Waals surface area contributed by atoms with E-state index >= 15 is 0 Å². The van der Waals surface area contributed by atoms with Crippen LogP contribution in [0.3, 0.4) is 0 Å². The molecule has 1 aromatic heterocycles. The Labute approximate surface area is 105 Å². The summed E-state index contributed by atoms with van der Waals surface area (Å²) < 4.78 is 8.02. The highest BCUT2D eigenvalue weighted by molar-refractivity contribution is 7.99. The Morgan fingerprint density at radius 1 is 1.65 bits per heavy atom. The van der Waals surface area contributed by atoms with Gasteiger partial charge >= 0.3 is 0 Å². The first-order valence-corrected chi connectivity index (χ1v) is 7.29. The zero-order valence-corrected chi connectivity index (χ0v) is 10.7. The number of hydrogen-bond donors (Lipinski definition) is 1. The molecule has 0 saturated carbocycles. The van der Waals surface area contributed by atoms with Crippen molar-refractivity contribution in [3.05, 3.63) is 12.2 Å². The molecule has 2 aliphatic heterocycles. The third-order valence-corrected chi connectivity index (χ3v) is 4.93. The van der Waals surface area contributed by atoms with Crippen LogP contribution in [-0.2, 0) is 11.3 Å². The maximum atomic E-state index is 6.01. The number of rotatable bonds is 2. The molecule has 5 nitrogen and oxygen atoms in total. The summed E-state index contributed by atoms with van der Waals surface area (Å²) in [5.41, 5.74) is 5.78. The summed E-state index contributed by atoms with van der Waals surface area (Å²) >= 11 is 1.99. The van der Waals surface area contributed by atoms with E-state index in [-0.39, 0.29) is 5.60 Å². The predicted octanol–water partition coefficient (Wildman–Crippen LogP) is 0.964. The summed E-state index contributed by atoms with van der Waals surface area (Å²) in [6, 6.07) is 0.406. The van der Waals surface area contributed by atoms with Crippen LogP contribution in [0.1, 0.15) is 31.1 Å². The smallest absolute Gasteiger partial charge is 0.140 e. The summed E-state index contributed by atoms with van der Waals surface area (Å²) in [7, 11) is 0. The van der Waals surface area contributed by atoms with E-state index in [1.807, 2.05) is 16.4 Å². The predicted molar refractivity (Wildman–Crippen MR) is 66.8 cm³/mol. The normalized spacial score (nSPS) is 33.4. The van der Waals surface area contributed by atoms with Crippen molar-refractivity contribution in [2.45, 2.75) is 37.5 Å². The van der Waals surface area contributed by atoms with Gasteiger partial charge in [-0.1, -0.05) is 0 Å². The molecular formula is C11H18N4OS. The van der Waals surface area contributed by atoms with E-state index in [0.29, 0.717) is 12.6 Å². The van der Waals surface area contributed by atoms with Gasteiger partial charge in [0.05, 0.1) is 18.2 Å². The number of thioether (sulfide) groups is 1. The lowest BCUT2D eigenvalue weighted by atomic mass is 9.90. The first-order valence-electron chi connectivity index (χ1n) is 6.13. The van der Waals surface area contributed by atoms with Crippen LogP contribution in [0, 0.1) is 0 Å². The highest BCUT2D eigenvalue weighted by Gasteiger charge is 2.41. The average molecular weight is 254 g/mol. The maximum Gasteiger partial charge on any atom is 0.140 e. The van der Waals surface area contributed by atoms with Gasteiger partial charge in [0.25, 0.3) is 0 Å². The molecule has 2 saturated heterocycles. The molecule has 0 aromatic carbocycles. The zero-order valence-electron chi connectivity index (χ0n) is 9.84. The average Bonchev–Trinajstić information content (AvgIpc) is 2.98. The number of ether oxygens (including phenoxy) is 1. The molecule has 1 spiro atoms. The topological polar surface area (TPSA) is 66.0 Å². The first kappa shape index (κ1) is 11.5. The molecule has 2 fully saturated rings. The van der Waals surface area contributed by atoms with Gasteiger partial charge in [-0.05, 0) is 25.0 Å². The molecule has 3 rings (SSSR count). The third-order valence-electron chi connectivity index (χ3n) is 3.71. The minimum Gasteiger partial charge on any atom is -0.374 e. The molecule has 0 radical (unpaired) electrons. The molecule has 2 N–H and O–H groups in total. The second kappa shape index (κ2) is 4.59. The highest BCUT2D eigenvalue weighted by Crippen LogP contribution is 2.41. The Morgan fingerprint density at radius 3 is 3.35 bits per heavy atom. The van der Waals surface area contributed by atoms with E-state index < -0.39 is 0 Å². The zero-order chi connectivity index (χ0) is 11.7. The van der Waals surface area contributed by atoms with E-state index in [0.717, 1.165) is 31.0 Å². The van der Waals surface area contributed by atoms with Crippen molar-refractivity contribution in [1.29, 1.82) is 0 Å². The summed E-state index contributed by atoms with van der Waals surface area (Å²) in [5, 5.41) is 4.33. The number of nitrogens with two attached hydrogens (primary N) is 1. The number of nitrogens with zero attached hydrogens (tertiary/aromatic N) is 3. The molecule has 94 valence electrons. The monoisotopic (exact) mass is 254 g/mol. The van der Waals surface area contributed by atoms with Crippen LogP contribution in [0.15, 0.2) is 6.33 Å². The third kappa shape index (κ3) is 2.09. The van der Waals surface area contributed by atoms with Crippen LogP contribution in [0.4, 0.5) is 0 Å². The highest BCUT2D eigenvalue weighted by atomic mass is 32.2. The SMILES string of the molecule is NCc1ncnn1C1CCOC2(CCSC2)C1. The van der Waals surface area contributed by atoms with Crippen molar-refractivity contribution in [2.75, 3.05) is 18.1 Å². The van der Waals surface area contributed by atoms with E-state index in [4.69, 9.17) is 10.5 Å². The molecule has 2 atom stereocenters. The Morgan fingerprint density at radius 2 is 2.59 bits per heavy atom. The molecule has 6 heteroatoms. The maximum absolute atomic E-state index is 6.01. The fourth-order valence-corrected chi connectivity index (χ4v) is 4.18. The summed E-state index contributed by atoms with van der Waals surface area (Å²) in [6.45, 7) is 1.29. The minimum atomic E-state index is 0.0887. The van der Waals surface area contributed by atoms with E-state index in [1.54, 1.807) is 6.33 Å². The fourth-order valence-electron chi connectivity index (χ4n) is 2.80. The Balaban J connectivity index is 1.79. The van der Waals surface area contributed by atoms with E-state index in [1.165, 1.54) is 12.2 Å². The van der Waals surface area contributed by atoms with Gasteiger partial charge in [0.2, 0.25) is 0 Å². The van der Waals surface area contributed by atoms with Gasteiger partial charge < -0.3 is 10.5 Å². The van der Waals surface area contributed by atoms with Crippen LogP contribution in [-0.4, -0.2) is 38.5 Å². The van der Waals surface area contributed by atoms with Crippen LogP contribution < -0.4 is 5.73 Å². The van der Waals surface area contributed by atoms with Gasteiger partial charge in [-0.25, -0.2) is 9.67 Å². The molecule has 2 unspecified atom stereocenters. The van der Waals surface area contributed by atoms with Gasteiger partial charge in [0.15, 0.2) is 0 Å². The van der Waals surface area contributed by atoms with Gasteiger partial charge in [0, 0.05) is 12.4 Å². The first-order chi connectivity index (χ1) is 8.33. The second-order valence-electron chi connectivity index (χ2n) is 4.81. The molecule has 0 amide bonds. The molecule has 3 heterocycles. The minimum absolute atomic E-state index is 0.0887. The van der Waals surface area contributed by atoms with Gasteiger partial charge in [-0.15, -0.1) is 0 Å². The van der Waals surface area contributed by atoms with E-state index in [2.05, 4.69) is 10.1 Å². The standard InChI is InChI=1S/C11H18N4OS/c12-6-10-13-8-14-15(10)9-1-3-16-11(5-9)2-4-17-7-11/h8-9H,1-7,12H2. The summed E-state index contributed by atoms with van der Waals surface area (Å²) in [6.07, 6.45) is 4.84. The van der Waals surface area contributed by atoms with Crippen LogP contribution in [0.2, 0.25) is 0 Å². The van der Waals surface area contributed by atoms with E-state index in [9.17, 15) is 0 Å². The molecule has 2 aliphatic rings. The molecular weight excluding hydrogens is 236 g/mol. The lowest BCUT2D eigenvalue weighted by Gasteiger charge is -2.37. The lowest BCUT2D eigenvalue weighted by Crippen LogP contribution is -2.41. The second-order valence-corrected chi connectivity index (χ2v) is 5.91. The largest absolute Gasteiger partial charge is 0.374 e. The van der Waals surface area contributed by atoms with Crippen LogP contribution >= 0.6 is 11.8 Å². The quantitative estimate of drug-likeness (QED) is 0.851. The lowest BCUT2D eigenvalue weighted by molar-refractivity contribution is -0.0782. The summed E-state index contributed by atoms with van der Waals surface area (Å²) in [5.74, 6) is 3.22. The van der Waals surface area contributed by atoms with Crippen LogP contribution in [0.25, 0.3) is 0 Å². The Bertz CT molecular complexity index is 389. The van der Waals surface area contributed by atoms with Crippen molar-refractivity contribution < 1.29 is 4.74 Å². The van der Waals surface area contributed by atoms with Gasteiger partial charge in [0.1, 0.15) is 12.2 Å². The molecule has 17 heavy (non-hydrogen) atoms. The van der Waals surface area contributed by atoms with Crippen molar-refractivity contribution in [3.63, 3.8) is 0 Å². The van der Waals surface area contributed by atoms with Gasteiger partial charge in [-0.3, -0.25) is 0 Å².